The first-order valence-electron chi connectivity index (χ1n) is 9.84. The molecular weight excluding hydrogens is 372 g/mol. The number of benzene rings is 1. The highest BCUT2D eigenvalue weighted by molar-refractivity contribution is 6.08. The van der Waals surface area contributed by atoms with Gasteiger partial charge in [-0.15, -0.1) is 0 Å². The van der Waals surface area contributed by atoms with Crippen LogP contribution < -0.4 is 5.32 Å². The van der Waals surface area contributed by atoms with Gasteiger partial charge in [0.1, 0.15) is 12.5 Å². The number of nitrogens with zero attached hydrogens (tertiary/aromatic N) is 1. The molecule has 0 saturated heterocycles. The monoisotopic (exact) mass is 398 g/mol. The van der Waals surface area contributed by atoms with E-state index < -0.39 is 23.8 Å². The quantitative estimate of drug-likeness (QED) is 0.743. The lowest BCUT2D eigenvalue weighted by molar-refractivity contribution is -0.146. The molecule has 2 unspecified atom stereocenters. The zero-order valence-electron chi connectivity index (χ0n) is 17.2. The maximum absolute atomic E-state index is 12.8. The van der Waals surface area contributed by atoms with E-state index in [4.69, 9.17) is 9.47 Å². The number of para-hydroxylation sites is 1. The SMILES string of the molecule is CCOC(=O)C1C(C)=NC2=C(C(=O)OC2)C1c1ccccc1NC(=O)CC(C)C. The van der Waals surface area contributed by atoms with Crippen LogP contribution in [-0.4, -0.2) is 36.8 Å². The molecule has 1 aromatic carbocycles. The van der Waals surface area contributed by atoms with E-state index >= 15 is 0 Å². The molecule has 0 saturated carbocycles. The molecule has 2 heterocycles. The molecule has 1 N–H and O–H groups in total. The third-order valence-electron chi connectivity index (χ3n) is 4.98. The highest BCUT2D eigenvalue weighted by Gasteiger charge is 2.46. The fourth-order valence-corrected chi connectivity index (χ4v) is 3.82. The van der Waals surface area contributed by atoms with E-state index in [1.165, 1.54) is 0 Å². The summed E-state index contributed by atoms with van der Waals surface area (Å²) in [5.41, 5.74) is 2.69. The van der Waals surface area contributed by atoms with E-state index in [-0.39, 0.29) is 25.0 Å². The van der Waals surface area contributed by atoms with Crippen LogP contribution in [0.3, 0.4) is 0 Å². The molecule has 0 aromatic heterocycles. The van der Waals surface area contributed by atoms with Gasteiger partial charge < -0.3 is 14.8 Å². The molecule has 3 rings (SSSR count). The van der Waals surface area contributed by atoms with Gasteiger partial charge in [0.2, 0.25) is 5.91 Å². The predicted octanol–water partition coefficient (Wildman–Crippen LogP) is 3.22. The molecule has 1 amide bonds. The molecule has 1 aromatic rings. The predicted molar refractivity (Wildman–Crippen MR) is 108 cm³/mol. The smallest absolute Gasteiger partial charge is 0.337 e. The minimum atomic E-state index is -0.762. The second-order valence-electron chi connectivity index (χ2n) is 7.63. The van der Waals surface area contributed by atoms with Crippen LogP contribution in [0, 0.1) is 11.8 Å². The first-order valence-corrected chi connectivity index (χ1v) is 9.84. The standard InChI is InChI=1S/C22H26N2O5/c1-5-28-21(26)18-13(4)23-16-11-29-22(27)20(16)19(18)14-8-6-7-9-15(14)24-17(25)10-12(2)3/h6-9,12,18-19H,5,10-11H2,1-4H3,(H,24,25). The maximum atomic E-state index is 12.8. The number of amides is 1. The summed E-state index contributed by atoms with van der Waals surface area (Å²) >= 11 is 0. The molecule has 29 heavy (non-hydrogen) atoms. The van der Waals surface area contributed by atoms with E-state index in [2.05, 4.69) is 10.3 Å². The van der Waals surface area contributed by atoms with Crippen molar-refractivity contribution in [2.24, 2.45) is 16.8 Å². The van der Waals surface area contributed by atoms with Gasteiger partial charge in [0, 0.05) is 23.7 Å². The Kier molecular flexibility index (Phi) is 6.15. The average molecular weight is 398 g/mol. The lowest BCUT2D eigenvalue weighted by Gasteiger charge is -2.30. The summed E-state index contributed by atoms with van der Waals surface area (Å²) < 4.78 is 10.5. The van der Waals surface area contributed by atoms with Gasteiger partial charge in [0.05, 0.1) is 17.9 Å². The average Bonchev–Trinajstić information content (AvgIpc) is 3.01. The number of esters is 2. The van der Waals surface area contributed by atoms with Crippen LogP contribution in [0.4, 0.5) is 5.69 Å². The molecule has 0 fully saturated rings. The zero-order chi connectivity index (χ0) is 21.1. The van der Waals surface area contributed by atoms with Crippen LogP contribution in [0.1, 0.15) is 45.6 Å². The van der Waals surface area contributed by atoms with Crippen LogP contribution in [-0.2, 0) is 23.9 Å². The Labute approximate surface area is 170 Å². The summed E-state index contributed by atoms with van der Waals surface area (Å²) in [5.74, 6) is -2.25. The van der Waals surface area contributed by atoms with E-state index in [0.29, 0.717) is 34.7 Å². The number of nitrogens with one attached hydrogen (secondary N) is 1. The number of hydrogen-bond donors (Lipinski definition) is 1. The molecule has 7 nitrogen and oxygen atoms in total. The molecule has 0 spiro atoms. The van der Waals surface area contributed by atoms with Gasteiger partial charge in [-0.1, -0.05) is 32.0 Å². The molecule has 0 aliphatic carbocycles. The summed E-state index contributed by atoms with van der Waals surface area (Å²) in [6.07, 6.45) is 0.372. The molecule has 2 aliphatic rings. The van der Waals surface area contributed by atoms with Crippen molar-refractivity contribution in [3.63, 3.8) is 0 Å². The molecule has 0 bridgehead atoms. The fourth-order valence-electron chi connectivity index (χ4n) is 3.82. The molecular formula is C22H26N2O5. The molecule has 2 aliphatic heterocycles. The van der Waals surface area contributed by atoms with Gasteiger partial charge in [0.25, 0.3) is 0 Å². The number of rotatable bonds is 6. The fraction of sp³-hybridized carbons (Fsp3) is 0.455. The van der Waals surface area contributed by atoms with Crippen molar-refractivity contribution in [2.45, 2.75) is 40.0 Å². The topological polar surface area (TPSA) is 94.1 Å². The van der Waals surface area contributed by atoms with Crippen LogP contribution in [0.15, 0.2) is 40.5 Å². The third kappa shape index (κ3) is 4.23. The van der Waals surface area contributed by atoms with Gasteiger partial charge in [-0.05, 0) is 31.4 Å². The minimum Gasteiger partial charge on any atom is -0.465 e. The summed E-state index contributed by atoms with van der Waals surface area (Å²) in [4.78, 5) is 42.2. The minimum absolute atomic E-state index is 0.0828. The van der Waals surface area contributed by atoms with Crippen LogP contribution in [0.5, 0.6) is 0 Å². The van der Waals surface area contributed by atoms with Crippen molar-refractivity contribution in [3.05, 3.63) is 41.1 Å². The van der Waals surface area contributed by atoms with Crippen molar-refractivity contribution in [1.29, 1.82) is 0 Å². The Balaban J connectivity index is 2.08. The second-order valence-corrected chi connectivity index (χ2v) is 7.63. The highest BCUT2D eigenvalue weighted by atomic mass is 16.5. The van der Waals surface area contributed by atoms with E-state index in [0.717, 1.165) is 0 Å². The number of anilines is 1. The highest BCUT2D eigenvalue weighted by Crippen LogP contribution is 2.44. The molecule has 0 radical (unpaired) electrons. The summed E-state index contributed by atoms with van der Waals surface area (Å²) in [6, 6.07) is 7.21. The Morgan fingerprint density at radius 1 is 1.31 bits per heavy atom. The van der Waals surface area contributed by atoms with E-state index in [1.807, 2.05) is 26.0 Å². The Bertz CT molecular complexity index is 900. The van der Waals surface area contributed by atoms with E-state index in [1.54, 1.807) is 26.0 Å². The maximum Gasteiger partial charge on any atom is 0.337 e. The van der Waals surface area contributed by atoms with Gasteiger partial charge in [0.15, 0.2) is 0 Å². The van der Waals surface area contributed by atoms with Gasteiger partial charge in [-0.3, -0.25) is 14.6 Å². The first kappa shape index (κ1) is 20.8. The third-order valence-corrected chi connectivity index (χ3v) is 4.98. The van der Waals surface area contributed by atoms with Crippen molar-refractivity contribution in [3.8, 4) is 0 Å². The number of carbonyl (C=O) groups excluding carboxylic acids is 3. The number of ether oxygens (including phenoxy) is 2. The second kappa shape index (κ2) is 8.59. The van der Waals surface area contributed by atoms with Crippen LogP contribution >= 0.6 is 0 Å². The number of aliphatic imine (C=N–C) groups is 1. The Hall–Kier alpha value is -2.96. The number of hydrogen-bond acceptors (Lipinski definition) is 6. The van der Waals surface area contributed by atoms with Crippen molar-refractivity contribution >= 4 is 29.2 Å². The van der Waals surface area contributed by atoms with E-state index in [9.17, 15) is 14.4 Å². The van der Waals surface area contributed by atoms with Crippen molar-refractivity contribution in [1.82, 2.24) is 0 Å². The van der Waals surface area contributed by atoms with Crippen LogP contribution in [0.2, 0.25) is 0 Å². The van der Waals surface area contributed by atoms with Crippen LogP contribution in [0.25, 0.3) is 0 Å². The van der Waals surface area contributed by atoms with Gasteiger partial charge in [-0.25, -0.2) is 4.79 Å². The summed E-state index contributed by atoms with van der Waals surface area (Å²) in [5, 5.41) is 2.93. The Morgan fingerprint density at radius 3 is 2.72 bits per heavy atom. The van der Waals surface area contributed by atoms with Crippen molar-refractivity contribution < 1.29 is 23.9 Å². The van der Waals surface area contributed by atoms with Gasteiger partial charge >= 0.3 is 11.9 Å². The lowest BCUT2D eigenvalue weighted by Crippen LogP contribution is -2.35. The summed E-state index contributed by atoms with van der Waals surface area (Å²) in [7, 11) is 0. The Morgan fingerprint density at radius 2 is 2.03 bits per heavy atom. The largest absolute Gasteiger partial charge is 0.465 e. The number of carbonyl (C=O) groups is 3. The van der Waals surface area contributed by atoms with Gasteiger partial charge in [-0.2, -0.15) is 0 Å². The van der Waals surface area contributed by atoms with Crippen molar-refractivity contribution in [2.75, 3.05) is 18.5 Å². The first-order chi connectivity index (χ1) is 13.8. The molecule has 2 atom stereocenters. The number of cyclic esters (lactones) is 1. The normalized spacial score (nSPS) is 20.9. The molecule has 7 heteroatoms. The zero-order valence-corrected chi connectivity index (χ0v) is 17.2. The summed E-state index contributed by atoms with van der Waals surface area (Å²) in [6.45, 7) is 7.72. The lowest BCUT2D eigenvalue weighted by atomic mass is 9.75. The molecule has 154 valence electrons.